The van der Waals surface area contributed by atoms with Crippen LogP contribution in [0.3, 0.4) is 0 Å². The fraction of sp³-hybridized carbons (Fsp3) is 0.909. The maximum Gasteiger partial charge on any atom is 0.237 e. The zero-order valence-corrected chi connectivity index (χ0v) is 9.92. The van der Waals surface area contributed by atoms with Gasteiger partial charge < -0.3 is 10.4 Å². The molecule has 1 aliphatic rings. The minimum absolute atomic E-state index is 0.0263. The van der Waals surface area contributed by atoms with Crippen molar-refractivity contribution in [3.63, 3.8) is 0 Å². The Morgan fingerprint density at radius 1 is 1.53 bits per heavy atom. The normalized spacial score (nSPS) is 24.8. The summed E-state index contributed by atoms with van der Waals surface area (Å²) in [6, 6.07) is -0.183. The molecule has 1 unspecified atom stereocenters. The number of aliphatic hydroxyl groups excluding tert-OH is 1. The lowest BCUT2D eigenvalue weighted by Gasteiger charge is -2.39. The van der Waals surface area contributed by atoms with Crippen molar-refractivity contribution in [2.75, 3.05) is 19.7 Å². The molecule has 0 aromatic rings. The van der Waals surface area contributed by atoms with Crippen LogP contribution in [0.25, 0.3) is 0 Å². The Hall–Kier alpha value is -0.610. The van der Waals surface area contributed by atoms with Gasteiger partial charge in [0.25, 0.3) is 0 Å². The topological polar surface area (TPSA) is 52.6 Å². The lowest BCUT2D eigenvalue weighted by Crippen LogP contribution is -2.53. The molecule has 0 aromatic carbocycles. The number of carbonyl (C=O) groups excluding carboxylic acids is 1. The molecule has 0 saturated carbocycles. The highest BCUT2D eigenvalue weighted by Gasteiger charge is 2.34. The van der Waals surface area contributed by atoms with Crippen molar-refractivity contribution in [1.29, 1.82) is 0 Å². The van der Waals surface area contributed by atoms with E-state index in [9.17, 15) is 4.79 Å². The lowest BCUT2D eigenvalue weighted by molar-refractivity contribution is -0.128. The van der Waals surface area contributed by atoms with Gasteiger partial charge in [-0.25, -0.2) is 0 Å². The Labute approximate surface area is 91.6 Å². The summed E-state index contributed by atoms with van der Waals surface area (Å²) in [5.41, 5.74) is -0.0263. The zero-order chi connectivity index (χ0) is 11.5. The average Bonchev–Trinajstić information content (AvgIpc) is 2.29. The molecule has 4 nitrogen and oxygen atoms in total. The highest BCUT2D eigenvalue weighted by Crippen LogP contribution is 2.20. The van der Waals surface area contributed by atoms with Crippen molar-refractivity contribution in [1.82, 2.24) is 10.2 Å². The summed E-state index contributed by atoms with van der Waals surface area (Å²) in [7, 11) is 0. The molecule has 1 atom stereocenters. The largest absolute Gasteiger partial charge is 0.396 e. The monoisotopic (exact) mass is 214 g/mol. The van der Waals surface area contributed by atoms with Crippen LogP contribution >= 0.6 is 0 Å². The standard InChI is InChI=1S/C11H22N2O2/c1-11(2,3)13-7-4-6-12-10(15)9(13)5-8-14/h9,14H,4-8H2,1-3H3,(H,12,15). The van der Waals surface area contributed by atoms with Gasteiger partial charge in [-0.05, 0) is 33.6 Å². The van der Waals surface area contributed by atoms with Gasteiger partial charge in [0.1, 0.15) is 0 Å². The van der Waals surface area contributed by atoms with Crippen LogP contribution in [-0.4, -0.2) is 47.2 Å². The van der Waals surface area contributed by atoms with Gasteiger partial charge in [0.2, 0.25) is 5.91 Å². The van der Waals surface area contributed by atoms with E-state index in [0.717, 1.165) is 19.5 Å². The summed E-state index contributed by atoms with van der Waals surface area (Å²) in [4.78, 5) is 14.0. The van der Waals surface area contributed by atoms with Crippen LogP contribution in [0.1, 0.15) is 33.6 Å². The van der Waals surface area contributed by atoms with E-state index in [-0.39, 0.29) is 24.1 Å². The minimum atomic E-state index is -0.183. The predicted molar refractivity (Wildman–Crippen MR) is 59.6 cm³/mol. The fourth-order valence-corrected chi connectivity index (χ4v) is 2.09. The van der Waals surface area contributed by atoms with Gasteiger partial charge in [-0.2, -0.15) is 0 Å². The molecular formula is C11H22N2O2. The molecule has 1 heterocycles. The molecule has 1 saturated heterocycles. The molecule has 0 aliphatic carbocycles. The molecule has 0 aromatic heterocycles. The number of hydrogen-bond acceptors (Lipinski definition) is 3. The Morgan fingerprint density at radius 3 is 2.73 bits per heavy atom. The van der Waals surface area contributed by atoms with Crippen LogP contribution in [0.4, 0.5) is 0 Å². The summed E-state index contributed by atoms with van der Waals surface area (Å²) in [5.74, 6) is 0.0523. The Balaban J connectivity index is 2.82. The van der Waals surface area contributed by atoms with E-state index in [1.54, 1.807) is 0 Å². The first-order chi connectivity index (χ1) is 6.96. The smallest absolute Gasteiger partial charge is 0.237 e. The molecule has 88 valence electrons. The van der Waals surface area contributed by atoms with Gasteiger partial charge in [0.05, 0.1) is 6.04 Å². The summed E-state index contributed by atoms with van der Waals surface area (Å²) < 4.78 is 0. The third-order valence-electron chi connectivity index (χ3n) is 2.82. The van der Waals surface area contributed by atoms with Crippen molar-refractivity contribution in [3.05, 3.63) is 0 Å². The van der Waals surface area contributed by atoms with Crippen LogP contribution in [0, 0.1) is 0 Å². The lowest BCUT2D eigenvalue weighted by atomic mass is 10.0. The predicted octanol–water partition coefficient (Wildman–Crippen LogP) is 0.358. The average molecular weight is 214 g/mol. The van der Waals surface area contributed by atoms with Crippen molar-refractivity contribution in [2.45, 2.75) is 45.2 Å². The van der Waals surface area contributed by atoms with Crippen molar-refractivity contribution >= 4 is 5.91 Å². The number of nitrogens with one attached hydrogen (secondary N) is 1. The highest BCUT2D eigenvalue weighted by atomic mass is 16.3. The molecule has 15 heavy (non-hydrogen) atoms. The van der Waals surface area contributed by atoms with Crippen molar-refractivity contribution in [3.8, 4) is 0 Å². The van der Waals surface area contributed by atoms with E-state index in [2.05, 4.69) is 31.0 Å². The second-order valence-corrected chi connectivity index (χ2v) is 5.04. The Bertz CT molecular complexity index is 223. The van der Waals surface area contributed by atoms with E-state index in [1.165, 1.54) is 0 Å². The van der Waals surface area contributed by atoms with Crippen LogP contribution in [0.15, 0.2) is 0 Å². The third kappa shape index (κ3) is 3.18. The molecule has 2 N–H and O–H groups in total. The molecule has 1 fully saturated rings. The molecular weight excluding hydrogens is 192 g/mol. The number of amides is 1. The summed E-state index contributed by atoms with van der Waals surface area (Å²) in [6.45, 7) is 8.03. The summed E-state index contributed by atoms with van der Waals surface area (Å²) >= 11 is 0. The van der Waals surface area contributed by atoms with E-state index in [1.807, 2.05) is 0 Å². The molecule has 1 aliphatic heterocycles. The van der Waals surface area contributed by atoms with Gasteiger partial charge >= 0.3 is 0 Å². The van der Waals surface area contributed by atoms with Gasteiger partial charge in [0, 0.05) is 25.2 Å². The van der Waals surface area contributed by atoms with Crippen LogP contribution in [-0.2, 0) is 4.79 Å². The highest BCUT2D eigenvalue weighted by molar-refractivity contribution is 5.82. The van der Waals surface area contributed by atoms with E-state index >= 15 is 0 Å². The van der Waals surface area contributed by atoms with Crippen LogP contribution < -0.4 is 5.32 Å². The Kier molecular flexibility index (Phi) is 4.11. The van der Waals surface area contributed by atoms with E-state index < -0.39 is 0 Å². The summed E-state index contributed by atoms with van der Waals surface area (Å²) in [6.07, 6.45) is 1.49. The number of nitrogens with zero attached hydrogens (tertiary/aromatic N) is 1. The maximum absolute atomic E-state index is 11.8. The first kappa shape index (κ1) is 12.5. The maximum atomic E-state index is 11.8. The molecule has 4 heteroatoms. The number of hydrogen-bond donors (Lipinski definition) is 2. The molecule has 0 radical (unpaired) electrons. The second kappa shape index (κ2) is 4.94. The zero-order valence-electron chi connectivity index (χ0n) is 9.92. The number of rotatable bonds is 2. The molecule has 1 rings (SSSR count). The fourth-order valence-electron chi connectivity index (χ4n) is 2.09. The van der Waals surface area contributed by atoms with Gasteiger partial charge in [-0.15, -0.1) is 0 Å². The van der Waals surface area contributed by atoms with Crippen molar-refractivity contribution < 1.29 is 9.90 Å². The quantitative estimate of drug-likeness (QED) is 0.698. The molecule has 0 bridgehead atoms. The first-order valence-electron chi connectivity index (χ1n) is 5.62. The van der Waals surface area contributed by atoms with E-state index in [4.69, 9.17) is 5.11 Å². The Morgan fingerprint density at radius 2 is 2.20 bits per heavy atom. The van der Waals surface area contributed by atoms with Gasteiger partial charge in [-0.3, -0.25) is 9.69 Å². The van der Waals surface area contributed by atoms with Gasteiger partial charge in [-0.1, -0.05) is 0 Å². The third-order valence-corrected chi connectivity index (χ3v) is 2.82. The molecule has 1 amide bonds. The summed E-state index contributed by atoms with van der Waals surface area (Å²) in [5, 5.41) is 11.9. The minimum Gasteiger partial charge on any atom is -0.396 e. The molecule has 0 spiro atoms. The first-order valence-corrected chi connectivity index (χ1v) is 5.62. The second-order valence-electron chi connectivity index (χ2n) is 5.04. The van der Waals surface area contributed by atoms with Crippen LogP contribution in [0.5, 0.6) is 0 Å². The van der Waals surface area contributed by atoms with E-state index in [0.29, 0.717) is 6.42 Å². The van der Waals surface area contributed by atoms with Crippen molar-refractivity contribution in [2.24, 2.45) is 0 Å². The van der Waals surface area contributed by atoms with Gasteiger partial charge in [0.15, 0.2) is 0 Å². The number of aliphatic hydroxyl groups is 1. The van der Waals surface area contributed by atoms with Crippen LogP contribution in [0.2, 0.25) is 0 Å². The SMILES string of the molecule is CC(C)(C)N1CCCNC(=O)C1CCO. The number of carbonyl (C=O) groups is 1.